The molecule has 1 aromatic rings. The molecule has 2 rings (SSSR count). The first kappa shape index (κ1) is 14.1. The molecule has 0 radical (unpaired) electrons. The first-order valence-corrected chi connectivity index (χ1v) is 8.47. The molecule has 1 atom stereocenters. The summed E-state index contributed by atoms with van der Waals surface area (Å²) in [4.78, 5) is 0. The highest BCUT2D eigenvalue weighted by atomic mass is 79.9. The number of hydrogen-bond acceptors (Lipinski definition) is 3. The van der Waals surface area contributed by atoms with Crippen LogP contribution in [0.5, 0.6) is 0 Å². The Bertz CT molecular complexity index is 530. The van der Waals surface area contributed by atoms with E-state index in [4.69, 9.17) is 11.6 Å². The van der Waals surface area contributed by atoms with Gasteiger partial charge in [-0.1, -0.05) is 11.6 Å². The topological polar surface area (TPSA) is 58.2 Å². The minimum Gasteiger partial charge on any atom is -0.313 e. The fourth-order valence-corrected chi connectivity index (χ4v) is 3.82. The van der Waals surface area contributed by atoms with E-state index in [0.717, 1.165) is 19.4 Å². The number of anilines is 1. The predicted molar refractivity (Wildman–Crippen MR) is 77.6 cm³/mol. The zero-order chi connectivity index (χ0) is 13.2. The standard InChI is InChI=1S/C11H14BrClN2O2S/c12-10-6-8(3-4-11(10)13)15-18(16,17)7-9-2-1-5-14-9/h3-4,6,9,14-15H,1-2,5,7H2. The van der Waals surface area contributed by atoms with Gasteiger partial charge in [-0.05, 0) is 53.5 Å². The van der Waals surface area contributed by atoms with E-state index in [-0.39, 0.29) is 11.8 Å². The monoisotopic (exact) mass is 352 g/mol. The summed E-state index contributed by atoms with van der Waals surface area (Å²) in [6.45, 7) is 0.896. The number of halogens is 2. The fraction of sp³-hybridized carbons (Fsp3) is 0.455. The van der Waals surface area contributed by atoms with Crippen molar-refractivity contribution in [3.63, 3.8) is 0 Å². The Morgan fingerprint density at radius 3 is 2.89 bits per heavy atom. The highest BCUT2D eigenvalue weighted by Gasteiger charge is 2.22. The van der Waals surface area contributed by atoms with E-state index in [1.165, 1.54) is 0 Å². The number of hydrogen-bond donors (Lipinski definition) is 2. The molecule has 100 valence electrons. The summed E-state index contributed by atoms with van der Waals surface area (Å²) in [6.07, 6.45) is 1.94. The maximum absolute atomic E-state index is 12.0. The molecule has 4 nitrogen and oxygen atoms in total. The van der Waals surface area contributed by atoms with Crippen molar-refractivity contribution in [1.29, 1.82) is 0 Å². The van der Waals surface area contributed by atoms with Crippen LogP contribution in [-0.4, -0.2) is 26.8 Å². The van der Waals surface area contributed by atoms with Gasteiger partial charge in [0.25, 0.3) is 0 Å². The molecule has 0 aliphatic carbocycles. The minimum absolute atomic E-state index is 0.0539. The number of nitrogens with one attached hydrogen (secondary N) is 2. The van der Waals surface area contributed by atoms with Gasteiger partial charge in [0, 0.05) is 16.2 Å². The minimum atomic E-state index is -3.32. The predicted octanol–water partition coefficient (Wildman–Crippen LogP) is 2.60. The van der Waals surface area contributed by atoms with Crippen molar-refractivity contribution in [3.8, 4) is 0 Å². The van der Waals surface area contributed by atoms with Crippen molar-refractivity contribution < 1.29 is 8.42 Å². The van der Waals surface area contributed by atoms with Gasteiger partial charge in [0.05, 0.1) is 10.8 Å². The van der Waals surface area contributed by atoms with Gasteiger partial charge in [0.1, 0.15) is 0 Å². The lowest BCUT2D eigenvalue weighted by Crippen LogP contribution is -2.32. The lowest BCUT2D eigenvalue weighted by atomic mass is 10.3. The van der Waals surface area contributed by atoms with Crippen molar-refractivity contribution in [1.82, 2.24) is 5.32 Å². The molecule has 1 heterocycles. The maximum atomic E-state index is 12.0. The second-order valence-electron chi connectivity index (χ2n) is 4.31. The van der Waals surface area contributed by atoms with Crippen molar-refractivity contribution in [2.24, 2.45) is 0 Å². The largest absolute Gasteiger partial charge is 0.313 e. The highest BCUT2D eigenvalue weighted by Crippen LogP contribution is 2.26. The second-order valence-corrected chi connectivity index (χ2v) is 7.33. The van der Waals surface area contributed by atoms with E-state index in [2.05, 4.69) is 26.0 Å². The molecule has 1 aromatic carbocycles. The van der Waals surface area contributed by atoms with Gasteiger partial charge in [-0.15, -0.1) is 0 Å². The maximum Gasteiger partial charge on any atom is 0.234 e. The third-order valence-corrected chi connectivity index (χ3v) is 5.38. The van der Waals surface area contributed by atoms with Crippen LogP contribution in [0.4, 0.5) is 5.69 Å². The summed E-state index contributed by atoms with van der Waals surface area (Å²) in [7, 11) is -3.32. The molecular weight excluding hydrogens is 340 g/mol. The van der Waals surface area contributed by atoms with Gasteiger partial charge in [0.15, 0.2) is 0 Å². The zero-order valence-electron chi connectivity index (χ0n) is 9.62. The van der Waals surface area contributed by atoms with Gasteiger partial charge in [0.2, 0.25) is 10.0 Å². The first-order valence-electron chi connectivity index (χ1n) is 5.65. The molecule has 0 spiro atoms. The molecular formula is C11H14BrClN2O2S. The van der Waals surface area contributed by atoms with Crippen LogP contribution in [0.25, 0.3) is 0 Å². The molecule has 2 N–H and O–H groups in total. The third-order valence-electron chi connectivity index (χ3n) is 2.78. The van der Waals surface area contributed by atoms with E-state index in [0.29, 0.717) is 15.2 Å². The van der Waals surface area contributed by atoms with Crippen LogP contribution in [0, 0.1) is 0 Å². The number of sulfonamides is 1. The molecule has 0 aromatic heterocycles. The summed E-state index contributed by atoms with van der Waals surface area (Å²) in [6, 6.07) is 5.00. The smallest absolute Gasteiger partial charge is 0.234 e. The van der Waals surface area contributed by atoms with Crippen molar-refractivity contribution >= 4 is 43.2 Å². The summed E-state index contributed by atoms with van der Waals surface area (Å²) < 4.78 is 27.1. The molecule has 7 heteroatoms. The quantitative estimate of drug-likeness (QED) is 0.875. The Morgan fingerprint density at radius 1 is 1.50 bits per heavy atom. The molecule has 0 amide bonds. The van der Waals surface area contributed by atoms with Gasteiger partial charge >= 0.3 is 0 Å². The number of rotatable bonds is 4. The number of benzene rings is 1. The van der Waals surface area contributed by atoms with E-state index in [1.54, 1.807) is 18.2 Å². The molecule has 0 bridgehead atoms. The van der Waals surface area contributed by atoms with Crippen LogP contribution < -0.4 is 10.0 Å². The molecule has 1 aliphatic rings. The lowest BCUT2D eigenvalue weighted by Gasteiger charge is -2.13. The third kappa shape index (κ3) is 3.85. The molecule has 0 saturated carbocycles. The Labute approximate surface area is 120 Å². The van der Waals surface area contributed by atoms with Crippen molar-refractivity contribution in [2.75, 3.05) is 17.0 Å². The lowest BCUT2D eigenvalue weighted by molar-refractivity contribution is 0.582. The average molecular weight is 354 g/mol. The van der Waals surface area contributed by atoms with Crippen molar-refractivity contribution in [3.05, 3.63) is 27.7 Å². The summed E-state index contributed by atoms with van der Waals surface area (Å²) in [5.41, 5.74) is 0.518. The van der Waals surface area contributed by atoms with Gasteiger partial charge < -0.3 is 5.32 Å². The van der Waals surface area contributed by atoms with Gasteiger partial charge in [-0.2, -0.15) is 0 Å². The van der Waals surface area contributed by atoms with E-state index in [1.807, 2.05) is 0 Å². The molecule has 1 saturated heterocycles. The van der Waals surface area contributed by atoms with Crippen LogP contribution in [0.3, 0.4) is 0 Å². The average Bonchev–Trinajstić information content (AvgIpc) is 2.75. The van der Waals surface area contributed by atoms with Gasteiger partial charge in [-0.3, -0.25) is 4.72 Å². The first-order chi connectivity index (χ1) is 8.46. The van der Waals surface area contributed by atoms with Crippen LogP contribution in [0.2, 0.25) is 5.02 Å². The van der Waals surface area contributed by atoms with E-state index < -0.39 is 10.0 Å². The van der Waals surface area contributed by atoms with Crippen LogP contribution >= 0.6 is 27.5 Å². The Morgan fingerprint density at radius 2 is 2.28 bits per heavy atom. The SMILES string of the molecule is O=S(=O)(CC1CCCN1)Nc1ccc(Cl)c(Br)c1. The van der Waals surface area contributed by atoms with Crippen LogP contribution in [0.1, 0.15) is 12.8 Å². The fourth-order valence-electron chi connectivity index (χ4n) is 1.94. The Hall–Kier alpha value is -0.300. The summed E-state index contributed by atoms with van der Waals surface area (Å²) >= 11 is 9.12. The Balaban J connectivity index is 2.04. The van der Waals surface area contributed by atoms with E-state index >= 15 is 0 Å². The normalized spacial score (nSPS) is 20.0. The van der Waals surface area contributed by atoms with Crippen LogP contribution in [0.15, 0.2) is 22.7 Å². The van der Waals surface area contributed by atoms with Gasteiger partial charge in [-0.25, -0.2) is 8.42 Å². The molecule has 18 heavy (non-hydrogen) atoms. The van der Waals surface area contributed by atoms with Crippen molar-refractivity contribution in [2.45, 2.75) is 18.9 Å². The van der Waals surface area contributed by atoms with Crippen LogP contribution in [-0.2, 0) is 10.0 Å². The van der Waals surface area contributed by atoms with E-state index in [9.17, 15) is 8.42 Å². The zero-order valence-corrected chi connectivity index (χ0v) is 12.8. The second kappa shape index (κ2) is 5.77. The molecule has 1 aliphatic heterocycles. The summed E-state index contributed by atoms with van der Waals surface area (Å²) in [5.74, 6) is 0.104. The summed E-state index contributed by atoms with van der Waals surface area (Å²) in [5, 5.41) is 3.72. The highest BCUT2D eigenvalue weighted by molar-refractivity contribution is 9.10. The molecule has 1 fully saturated rings. The Kier molecular flexibility index (Phi) is 4.53. The molecule has 1 unspecified atom stereocenters.